The highest BCUT2D eigenvalue weighted by Gasteiger charge is 2.21. The van der Waals surface area contributed by atoms with E-state index in [1.165, 1.54) is 7.11 Å². The van der Waals surface area contributed by atoms with Gasteiger partial charge in [0, 0.05) is 40.4 Å². The maximum Gasteiger partial charge on any atom is 0.338 e. The lowest BCUT2D eigenvalue weighted by molar-refractivity contribution is 0.0601. The first kappa shape index (κ1) is 18.7. The molecule has 0 spiro atoms. The third-order valence-corrected chi connectivity index (χ3v) is 4.74. The molecule has 1 heterocycles. The Morgan fingerprint density at radius 2 is 1.83 bits per heavy atom. The molecule has 2 aromatic carbocycles. The molecule has 0 unspecified atom stereocenters. The number of methoxy groups -OCH3 is 1. The van der Waals surface area contributed by atoms with Crippen LogP contribution in [-0.4, -0.2) is 19.1 Å². The van der Waals surface area contributed by atoms with Crippen molar-refractivity contribution in [2.75, 3.05) is 12.8 Å². The van der Waals surface area contributed by atoms with Crippen LogP contribution in [0.15, 0.2) is 70.1 Å². The summed E-state index contributed by atoms with van der Waals surface area (Å²) in [5.74, 6) is 0.296. The molecule has 4 rings (SSSR count). The number of nitrogen functional groups attached to an aromatic ring is 1. The number of benzene rings is 3. The summed E-state index contributed by atoms with van der Waals surface area (Å²) in [6.07, 6.45) is 0. The van der Waals surface area contributed by atoms with Crippen molar-refractivity contribution in [3.05, 3.63) is 71.6 Å². The van der Waals surface area contributed by atoms with Crippen LogP contribution in [0.4, 0.5) is 5.69 Å². The lowest BCUT2D eigenvalue weighted by atomic mass is 9.90. The Labute approximate surface area is 168 Å². The number of nitrogens with two attached hydrogens (primary N) is 1. The molecule has 1 aliphatic heterocycles. The number of carbonyl (C=O) groups is 1. The van der Waals surface area contributed by atoms with E-state index in [2.05, 4.69) is 4.99 Å². The second kappa shape index (κ2) is 7.43. The van der Waals surface area contributed by atoms with Gasteiger partial charge < -0.3 is 14.9 Å². The van der Waals surface area contributed by atoms with E-state index >= 15 is 0 Å². The van der Waals surface area contributed by atoms with Crippen LogP contribution in [0.2, 0.25) is 0 Å². The van der Waals surface area contributed by atoms with Gasteiger partial charge in [-0.25, -0.2) is 4.79 Å². The number of carbonyl (C=O) groups excluding carboxylic acids is 1. The molecule has 5 heteroatoms. The minimum absolute atomic E-state index is 0.170. The summed E-state index contributed by atoms with van der Waals surface area (Å²) in [6.45, 7) is 4.06. The van der Waals surface area contributed by atoms with Gasteiger partial charge in [-0.05, 0) is 49.7 Å². The number of rotatable bonds is 3. The molecule has 2 aliphatic rings. The average Bonchev–Trinajstić information content (AvgIpc) is 2.70. The zero-order valence-electron chi connectivity index (χ0n) is 16.6. The molecule has 1 aliphatic carbocycles. The Bertz CT molecular complexity index is 1250. The maximum absolute atomic E-state index is 12.4. The standard InChI is InChI=1S/C24H22N2O3/c1-14(2)26-16-9-11-20-22(13-16)29-21-12-15(25)8-10-19(21)23(20)17-6-4-5-7-18(17)24(27)28-3/h4-14H,25H2,1-3H3. The third kappa shape index (κ3) is 3.47. The lowest BCUT2D eigenvalue weighted by Crippen LogP contribution is -2.08. The number of fused-ring (bicyclic) bond motifs is 2. The molecule has 5 nitrogen and oxygen atoms in total. The summed E-state index contributed by atoms with van der Waals surface area (Å²) in [5.41, 5.74) is 10.3. The predicted molar refractivity (Wildman–Crippen MR) is 115 cm³/mol. The summed E-state index contributed by atoms with van der Waals surface area (Å²) in [5, 5.41) is 1.71. The van der Waals surface area contributed by atoms with Gasteiger partial charge in [-0.3, -0.25) is 4.99 Å². The molecule has 0 saturated heterocycles. The fourth-order valence-corrected chi connectivity index (χ4v) is 3.55. The second-order valence-electron chi connectivity index (χ2n) is 7.17. The minimum atomic E-state index is -0.385. The molecule has 0 bridgehead atoms. The van der Waals surface area contributed by atoms with Crippen LogP contribution in [0.1, 0.15) is 24.2 Å². The van der Waals surface area contributed by atoms with Crippen LogP contribution >= 0.6 is 0 Å². The van der Waals surface area contributed by atoms with Crippen molar-refractivity contribution in [1.82, 2.24) is 0 Å². The van der Waals surface area contributed by atoms with Crippen LogP contribution in [0.3, 0.4) is 0 Å². The predicted octanol–water partition coefficient (Wildman–Crippen LogP) is 4.88. The van der Waals surface area contributed by atoms with E-state index in [1.54, 1.807) is 12.1 Å². The Morgan fingerprint density at radius 3 is 2.59 bits per heavy atom. The lowest BCUT2D eigenvalue weighted by Gasteiger charge is -2.17. The fraction of sp³-hybridized carbons (Fsp3) is 0.167. The van der Waals surface area contributed by atoms with Crippen LogP contribution in [0.5, 0.6) is 0 Å². The van der Waals surface area contributed by atoms with Gasteiger partial charge in [-0.15, -0.1) is 0 Å². The third-order valence-electron chi connectivity index (χ3n) is 4.74. The monoisotopic (exact) mass is 386 g/mol. The van der Waals surface area contributed by atoms with Crippen LogP contribution in [0, 0.1) is 0 Å². The van der Waals surface area contributed by atoms with Gasteiger partial charge in [0.05, 0.1) is 18.0 Å². The van der Waals surface area contributed by atoms with Crippen molar-refractivity contribution < 1.29 is 13.9 Å². The van der Waals surface area contributed by atoms with Crippen molar-refractivity contribution >= 4 is 22.6 Å². The average molecular weight is 386 g/mol. The molecular formula is C24H22N2O3. The maximum atomic E-state index is 12.4. The Balaban J connectivity index is 2.13. The van der Waals surface area contributed by atoms with Gasteiger partial charge in [0.2, 0.25) is 0 Å². The highest BCUT2D eigenvalue weighted by atomic mass is 16.5. The van der Waals surface area contributed by atoms with E-state index in [0.29, 0.717) is 22.6 Å². The van der Waals surface area contributed by atoms with Gasteiger partial charge in [0.15, 0.2) is 0 Å². The molecular weight excluding hydrogens is 364 g/mol. The molecule has 0 amide bonds. The molecule has 0 atom stereocenters. The highest BCUT2D eigenvalue weighted by Crippen LogP contribution is 2.41. The molecule has 29 heavy (non-hydrogen) atoms. The van der Waals surface area contributed by atoms with Crippen LogP contribution in [0.25, 0.3) is 33.4 Å². The van der Waals surface area contributed by atoms with E-state index in [1.807, 2.05) is 62.4 Å². The molecule has 146 valence electrons. The number of esters is 1. The molecule has 0 aromatic heterocycles. The largest absolute Gasteiger partial charge is 0.465 e. The number of ether oxygens (including phenoxy) is 1. The molecule has 0 fully saturated rings. The molecule has 0 saturated carbocycles. The van der Waals surface area contributed by atoms with Crippen LogP contribution < -0.4 is 11.1 Å². The summed E-state index contributed by atoms with van der Waals surface area (Å²) in [4.78, 5) is 17.0. The van der Waals surface area contributed by atoms with E-state index in [0.717, 1.165) is 27.4 Å². The first-order chi connectivity index (χ1) is 14.0. The van der Waals surface area contributed by atoms with Gasteiger partial charge >= 0.3 is 5.97 Å². The van der Waals surface area contributed by atoms with E-state index in [9.17, 15) is 4.79 Å². The van der Waals surface area contributed by atoms with Crippen molar-refractivity contribution in [1.29, 1.82) is 0 Å². The number of hydrogen-bond donors (Lipinski definition) is 1. The second-order valence-corrected chi connectivity index (χ2v) is 7.17. The number of hydrogen-bond acceptors (Lipinski definition) is 5. The topological polar surface area (TPSA) is 77.8 Å². The Morgan fingerprint density at radius 1 is 1.03 bits per heavy atom. The minimum Gasteiger partial charge on any atom is -0.465 e. The SMILES string of the molecule is COC(=O)c1ccccc1-c1c2ccc(=NC(C)C)cc-2oc2cc(N)ccc12. The van der Waals surface area contributed by atoms with Crippen molar-refractivity contribution in [3.63, 3.8) is 0 Å². The van der Waals surface area contributed by atoms with Crippen molar-refractivity contribution in [2.45, 2.75) is 19.9 Å². The summed E-state index contributed by atoms with van der Waals surface area (Å²) in [6, 6.07) is 19.0. The Kier molecular flexibility index (Phi) is 4.80. The molecule has 0 radical (unpaired) electrons. The van der Waals surface area contributed by atoms with E-state index in [-0.39, 0.29) is 12.0 Å². The van der Waals surface area contributed by atoms with Gasteiger partial charge in [-0.2, -0.15) is 0 Å². The summed E-state index contributed by atoms with van der Waals surface area (Å²) < 4.78 is 11.2. The zero-order valence-corrected chi connectivity index (χ0v) is 16.6. The number of anilines is 1. The quantitative estimate of drug-likeness (QED) is 0.309. The van der Waals surface area contributed by atoms with E-state index < -0.39 is 0 Å². The van der Waals surface area contributed by atoms with Gasteiger partial charge in [0.25, 0.3) is 0 Å². The normalized spacial score (nSPS) is 12.1. The summed E-state index contributed by atoms with van der Waals surface area (Å²) in [7, 11) is 1.38. The molecule has 2 aromatic rings. The summed E-state index contributed by atoms with van der Waals surface area (Å²) >= 11 is 0. The number of nitrogens with zero attached hydrogens (tertiary/aromatic N) is 1. The van der Waals surface area contributed by atoms with Gasteiger partial charge in [0.1, 0.15) is 11.3 Å². The zero-order chi connectivity index (χ0) is 20.5. The Hall–Kier alpha value is -3.60. The van der Waals surface area contributed by atoms with E-state index in [4.69, 9.17) is 14.9 Å². The van der Waals surface area contributed by atoms with Crippen LogP contribution in [-0.2, 0) is 4.74 Å². The van der Waals surface area contributed by atoms with Crippen molar-refractivity contribution in [2.24, 2.45) is 4.99 Å². The van der Waals surface area contributed by atoms with Gasteiger partial charge in [-0.1, -0.05) is 18.2 Å². The molecule has 2 N–H and O–H groups in total. The fourth-order valence-electron chi connectivity index (χ4n) is 3.55. The first-order valence-corrected chi connectivity index (χ1v) is 9.45. The first-order valence-electron chi connectivity index (χ1n) is 9.45. The smallest absolute Gasteiger partial charge is 0.338 e. The van der Waals surface area contributed by atoms with Crippen molar-refractivity contribution in [3.8, 4) is 22.5 Å². The highest BCUT2D eigenvalue weighted by molar-refractivity contribution is 6.08.